The van der Waals surface area contributed by atoms with E-state index in [-0.39, 0.29) is 17.2 Å². The first-order chi connectivity index (χ1) is 7.58. The summed E-state index contributed by atoms with van der Waals surface area (Å²) >= 11 is 3.19. The minimum absolute atomic E-state index is 0.0192. The maximum absolute atomic E-state index is 11.9. The van der Waals surface area contributed by atoms with E-state index in [2.05, 4.69) is 26.0 Å². The molecule has 0 aromatic heterocycles. The SMILES string of the molecule is [N-]=[N+]=NCCCS(=O)(=O)c1ccccc1Br. The summed E-state index contributed by atoms with van der Waals surface area (Å²) in [5, 5.41) is 3.30. The van der Waals surface area contributed by atoms with Crippen LogP contribution in [-0.2, 0) is 9.84 Å². The van der Waals surface area contributed by atoms with Gasteiger partial charge in [-0.1, -0.05) is 17.2 Å². The van der Waals surface area contributed by atoms with Crippen LogP contribution in [0.25, 0.3) is 10.4 Å². The molecule has 0 saturated heterocycles. The van der Waals surface area contributed by atoms with Crippen LogP contribution in [0.1, 0.15) is 6.42 Å². The molecule has 0 radical (unpaired) electrons. The number of sulfone groups is 1. The summed E-state index contributed by atoms with van der Waals surface area (Å²) in [5.74, 6) is -0.0192. The third kappa shape index (κ3) is 3.52. The lowest BCUT2D eigenvalue weighted by molar-refractivity contribution is 0.593. The minimum atomic E-state index is -3.30. The van der Waals surface area contributed by atoms with E-state index in [1.807, 2.05) is 0 Å². The highest BCUT2D eigenvalue weighted by Gasteiger charge is 2.16. The summed E-state index contributed by atoms with van der Waals surface area (Å²) < 4.78 is 24.3. The molecule has 0 aliphatic carbocycles. The molecule has 86 valence electrons. The Morgan fingerprint density at radius 3 is 2.69 bits per heavy atom. The molecule has 0 atom stereocenters. The first-order valence-electron chi connectivity index (χ1n) is 4.56. The lowest BCUT2D eigenvalue weighted by Crippen LogP contribution is -2.08. The number of hydrogen-bond donors (Lipinski definition) is 0. The van der Waals surface area contributed by atoms with Crippen molar-refractivity contribution >= 4 is 25.8 Å². The molecule has 7 heteroatoms. The zero-order valence-electron chi connectivity index (χ0n) is 8.38. The first-order valence-corrected chi connectivity index (χ1v) is 7.00. The van der Waals surface area contributed by atoms with Gasteiger partial charge in [-0.2, -0.15) is 0 Å². The number of hydrogen-bond acceptors (Lipinski definition) is 3. The van der Waals surface area contributed by atoms with Crippen LogP contribution in [0.4, 0.5) is 0 Å². The van der Waals surface area contributed by atoms with Crippen LogP contribution >= 0.6 is 15.9 Å². The van der Waals surface area contributed by atoms with Gasteiger partial charge in [0.1, 0.15) is 0 Å². The number of nitrogens with zero attached hydrogens (tertiary/aromatic N) is 3. The molecule has 0 aliphatic rings. The van der Waals surface area contributed by atoms with Crippen molar-refractivity contribution in [3.05, 3.63) is 39.2 Å². The number of rotatable bonds is 5. The Kier molecular flexibility index (Phi) is 4.79. The summed E-state index contributed by atoms with van der Waals surface area (Å²) in [4.78, 5) is 2.84. The molecular formula is C9H10BrN3O2S. The summed E-state index contributed by atoms with van der Waals surface area (Å²) in [6.45, 7) is 0.195. The second-order valence-electron chi connectivity index (χ2n) is 3.06. The zero-order valence-corrected chi connectivity index (χ0v) is 10.8. The number of azide groups is 1. The van der Waals surface area contributed by atoms with E-state index in [0.29, 0.717) is 10.9 Å². The molecule has 0 bridgehead atoms. The van der Waals surface area contributed by atoms with Crippen LogP contribution in [0.3, 0.4) is 0 Å². The van der Waals surface area contributed by atoms with Gasteiger partial charge in [-0.3, -0.25) is 0 Å². The van der Waals surface area contributed by atoms with Gasteiger partial charge in [0, 0.05) is 15.9 Å². The monoisotopic (exact) mass is 303 g/mol. The van der Waals surface area contributed by atoms with Crippen LogP contribution in [0.2, 0.25) is 0 Å². The van der Waals surface area contributed by atoms with Gasteiger partial charge in [0.05, 0.1) is 10.6 Å². The molecule has 0 fully saturated rings. The average Bonchev–Trinajstić information content (AvgIpc) is 2.25. The van der Waals surface area contributed by atoms with Crippen LogP contribution in [0, 0.1) is 0 Å². The highest BCUT2D eigenvalue weighted by molar-refractivity contribution is 9.10. The average molecular weight is 304 g/mol. The van der Waals surface area contributed by atoms with Gasteiger partial charge < -0.3 is 0 Å². The van der Waals surface area contributed by atoms with E-state index in [0.717, 1.165) is 0 Å². The van der Waals surface area contributed by atoms with Crippen molar-refractivity contribution in [1.82, 2.24) is 0 Å². The zero-order chi connectivity index (χ0) is 12.0. The van der Waals surface area contributed by atoms with E-state index >= 15 is 0 Å². The maximum atomic E-state index is 11.9. The second kappa shape index (κ2) is 5.89. The molecule has 0 amide bonds. The number of halogens is 1. The summed E-state index contributed by atoms with van der Waals surface area (Å²) in [6.07, 6.45) is 0.327. The molecular weight excluding hydrogens is 294 g/mol. The smallest absolute Gasteiger partial charge is 0.179 e. The molecule has 0 unspecified atom stereocenters. The summed E-state index contributed by atoms with van der Waals surface area (Å²) in [5.41, 5.74) is 8.06. The van der Waals surface area contributed by atoms with Crippen molar-refractivity contribution in [3.8, 4) is 0 Å². The van der Waals surface area contributed by atoms with Crippen molar-refractivity contribution in [2.45, 2.75) is 11.3 Å². The molecule has 1 aromatic carbocycles. The minimum Gasteiger partial charge on any atom is -0.224 e. The largest absolute Gasteiger partial charge is 0.224 e. The quantitative estimate of drug-likeness (QED) is 0.362. The van der Waals surface area contributed by atoms with Crippen LogP contribution < -0.4 is 0 Å². The van der Waals surface area contributed by atoms with Gasteiger partial charge >= 0.3 is 0 Å². The molecule has 0 spiro atoms. The molecule has 1 rings (SSSR count). The summed E-state index contributed by atoms with van der Waals surface area (Å²) in [6, 6.07) is 6.65. The maximum Gasteiger partial charge on any atom is 0.179 e. The predicted molar refractivity (Wildman–Crippen MR) is 64.8 cm³/mol. The Morgan fingerprint density at radius 1 is 1.38 bits per heavy atom. The molecule has 0 saturated carbocycles. The summed E-state index contributed by atoms with van der Waals surface area (Å²) in [7, 11) is -3.30. The van der Waals surface area contributed by atoms with Gasteiger partial charge in [0.25, 0.3) is 0 Å². The van der Waals surface area contributed by atoms with Crippen LogP contribution in [-0.4, -0.2) is 20.7 Å². The van der Waals surface area contributed by atoms with E-state index in [9.17, 15) is 8.42 Å². The van der Waals surface area contributed by atoms with E-state index in [1.165, 1.54) is 0 Å². The van der Waals surface area contributed by atoms with Crippen LogP contribution in [0.5, 0.6) is 0 Å². The van der Waals surface area contributed by atoms with Crippen LogP contribution in [0.15, 0.2) is 38.7 Å². The first kappa shape index (κ1) is 13.0. The van der Waals surface area contributed by atoms with Crippen molar-refractivity contribution in [2.24, 2.45) is 5.11 Å². The van der Waals surface area contributed by atoms with Crippen molar-refractivity contribution < 1.29 is 8.42 Å². The van der Waals surface area contributed by atoms with Gasteiger partial charge in [-0.05, 0) is 40.0 Å². The van der Waals surface area contributed by atoms with Crippen molar-refractivity contribution in [1.29, 1.82) is 0 Å². The predicted octanol–water partition coefficient (Wildman–Crippen LogP) is 2.92. The molecule has 1 aromatic rings. The molecule has 0 aliphatic heterocycles. The number of benzene rings is 1. The van der Waals surface area contributed by atoms with Crippen molar-refractivity contribution in [2.75, 3.05) is 12.3 Å². The Morgan fingerprint density at radius 2 is 2.06 bits per heavy atom. The van der Waals surface area contributed by atoms with E-state index in [4.69, 9.17) is 5.53 Å². The fourth-order valence-electron chi connectivity index (χ4n) is 1.18. The molecule has 5 nitrogen and oxygen atoms in total. The lowest BCUT2D eigenvalue weighted by atomic mass is 10.4. The van der Waals surface area contributed by atoms with E-state index < -0.39 is 9.84 Å². The van der Waals surface area contributed by atoms with E-state index in [1.54, 1.807) is 24.3 Å². The third-order valence-electron chi connectivity index (χ3n) is 1.91. The normalized spacial score (nSPS) is 10.8. The van der Waals surface area contributed by atoms with Gasteiger partial charge in [0.2, 0.25) is 0 Å². The highest BCUT2D eigenvalue weighted by atomic mass is 79.9. The molecule has 0 heterocycles. The second-order valence-corrected chi connectivity index (χ2v) is 5.99. The fourth-order valence-corrected chi connectivity index (χ4v) is 3.58. The van der Waals surface area contributed by atoms with Gasteiger partial charge in [-0.25, -0.2) is 8.42 Å². The Hall–Kier alpha value is -1.04. The Balaban J connectivity index is 2.79. The lowest BCUT2D eigenvalue weighted by Gasteiger charge is -2.04. The topological polar surface area (TPSA) is 82.9 Å². The standard InChI is InChI=1S/C9H10BrN3O2S/c10-8-4-1-2-5-9(8)16(14,15)7-3-6-12-13-11/h1-2,4-5H,3,6-7H2. The Labute approximate surface area is 102 Å². The van der Waals surface area contributed by atoms with Gasteiger partial charge in [0.15, 0.2) is 9.84 Å². The highest BCUT2D eigenvalue weighted by Crippen LogP contribution is 2.22. The molecule has 16 heavy (non-hydrogen) atoms. The fraction of sp³-hybridized carbons (Fsp3) is 0.333. The molecule has 0 N–H and O–H groups in total. The van der Waals surface area contributed by atoms with Gasteiger partial charge in [-0.15, -0.1) is 0 Å². The Bertz CT molecular complexity index is 509. The van der Waals surface area contributed by atoms with Crippen molar-refractivity contribution in [3.63, 3.8) is 0 Å². The third-order valence-corrected chi connectivity index (χ3v) is 4.71.